The number of hydrogen-bond donors (Lipinski definition) is 2. The third-order valence-corrected chi connectivity index (χ3v) is 3.68. The van der Waals surface area contributed by atoms with Crippen molar-refractivity contribution in [2.75, 3.05) is 10.6 Å². The van der Waals surface area contributed by atoms with Gasteiger partial charge in [-0.25, -0.2) is 0 Å². The zero-order valence-corrected chi connectivity index (χ0v) is 13.7. The highest BCUT2D eigenvalue weighted by Crippen LogP contribution is 2.23. The van der Waals surface area contributed by atoms with Gasteiger partial charge in [0.1, 0.15) is 11.8 Å². The van der Waals surface area contributed by atoms with Crippen LogP contribution in [0.1, 0.15) is 17.4 Å². The van der Waals surface area contributed by atoms with Gasteiger partial charge in [0.15, 0.2) is 5.82 Å². The van der Waals surface area contributed by atoms with Gasteiger partial charge in [-0.05, 0) is 36.8 Å². The maximum atomic E-state index is 12.7. The van der Waals surface area contributed by atoms with Crippen LogP contribution < -0.4 is 10.6 Å². The minimum atomic E-state index is -0.579. The van der Waals surface area contributed by atoms with Crippen LogP contribution in [0.2, 0.25) is 5.02 Å². The van der Waals surface area contributed by atoms with Crippen molar-refractivity contribution in [2.45, 2.75) is 13.0 Å². The van der Waals surface area contributed by atoms with Crippen molar-refractivity contribution >= 4 is 29.0 Å². The van der Waals surface area contributed by atoms with Gasteiger partial charge in [-0.3, -0.25) is 4.79 Å². The first-order valence-corrected chi connectivity index (χ1v) is 7.81. The molecular weight excluding hydrogens is 326 g/mol. The Hall–Kier alpha value is -2.79. The number of nitrogens with one attached hydrogen (secondary N) is 2. The highest BCUT2D eigenvalue weighted by atomic mass is 35.5. The average molecular weight is 342 g/mol. The van der Waals surface area contributed by atoms with E-state index in [4.69, 9.17) is 16.1 Å². The Morgan fingerprint density at radius 3 is 2.46 bits per heavy atom. The summed E-state index contributed by atoms with van der Waals surface area (Å²) in [5, 5.41) is 10.4. The Bertz CT molecular complexity index is 816. The van der Waals surface area contributed by atoms with Crippen molar-refractivity contribution < 1.29 is 9.32 Å². The van der Waals surface area contributed by atoms with Crippen LogP contribution in [0.5, 0.6) is 0 Å². The summed E-state index contributed by atoms with van der Waals surface area (Å²) in [7, 11) is 0. The topological polar surface area (TPSA) is 67.2 Å². The fourth-order valence-corrected chi connectivity index (χ4v) is 2.41. The van der Waals surface area contributed by atoms with Crippen molar-refractivity contribution in [1.29, 1.82) is 0 Å². The lowest BCUT2D eigenvalue weighted by Crippen LogP contribution is -2.27. The Morgan fingerprint density at radius 2 is 1.83 bits per heavy atom. The molecule has 0 spiro atoms. The van der Waals surface area contributed by atoms with Gasteiger partial charge in [-0.1, -0.05) is 47.1 Å². The first kappa shape index (κ1) is 16.1. The predicted octanol–water partition coefficient (Wildman–Crippen LogP) is 4.43. The molecule has 1 amide bonds. The van der Waals surface area contributed by atoms with Crippen molar-refractivity contribution in [3.05, 3.63) is 77.0 Å². The van der Waals surface area contributed by atoms with Gasteiger partial charge in [0.2, 0.25) is 0 Å². The van der Waals surface area contributed by atoms with E-state index in [1.54, 1.807) is 25.1 Å². The molecule has 3 aromatic rings. The van der Waals surface area contributed by atoms with E-state index in [0.29, 0.717) is 16.6 Å². The van der Waals surface area contributed by atoms with E-state index < -0.39 is 6.04 Å². The zero-order chi connectivity index (χ0) is 16.9. The first-order chi connectivity index (χ1) is 11.6. The van der Waals surface area contributed by atoms with E-state index in [1.807, 2.05) is 42.5 Å². The minimum Gasteiger partial charge on any atom is -0.370 e. The highest BCUT2D eigenvalue weighted by Gasteiger charge is 2.21. The molecule has 0 aliphatic rings. The van der Waals surface area contributed by atoms with Gasteiger partial charge in [0.05, 0.1) is 0 Å². The molecular formula is C18H16ClN3O2. The number of carbonyl (C=O) groups is 1. The number of carbonyl (C=O) groups excluding carboxylic acids is 1. The highest BCUT2D eigenvalue weighted by molar-refractivity contribution is 6.30. The predicted molar refractivity (Wildman–Crippen MR) is 94.1 cm³/mol. The lowest BCUT2D eigenvalue weighted by molar-refractivity contribution is -0.117. The summed E-state index contributed by atoms with van der Waals surface area (Å²) in [6.07, 6.45) is 0. The molecule has 0 saturated carbocycles. The molecule has 3 rings (SSSR count). The molecule has 5 nitrogen and oxygen atoms in total. The molecule has 0 aliphatic heterocycles. The molecule has 0 radical (unpaired) electrons. The molecule has 0 bridgehead atoms. The molecule has 24 heavy (non-hydrogen) atoms. The number of aryl methyl sites for hydroxylation is 1. The lowest BCUT2D eigenvalue weighted by Gasteiger charge is -2.19. The van der Waals surface area contributed by atoms with E-state index in [9.17, 15) is 4.79 Å². The summed E-state index contributed by atoms with van der Waals surface area (Å²) in [5.41, 5.74) is 1.63. The van der Waals surface area contributed by atoms with Crippen molar-refractivity contribution in [3.8, 4) is 0 Å². The Labute approximate surface area is 144 Å². The largest absolute Gasteiger partial charge is 0.370 e. The summed E-state index contributed by atoms with van der Waals surface area (Å²) in [4.78, 5) is 12.7. The minimum absolute atomic E-state index is 0.232. The number of benzene rings is 2. The summed E-state index contributed by atoms with van der Waals surface area (Å²) >= 11 is 5.91. The van der Waals surface area contributed by atoms with Gasteiger partial charge < -0.3 is 15.2 Å². The van der Waals surface area contributed by atoms with Crippen molar-refractivity contribution in [1.82, 2.24) is 5.16 Å². The maximum absolute atomic E-state index is 12.7. The van der Waals surface area contributed by atoms with E-state index >= 15 is 0 Å². The molecule has 0 fully saturated rings. The molecule has 2 aromatic carbocycles. The van der Waals surface area contributed by atoms with Crippen LogP contribution >= 0.6 is 11.6 Å². The summed E-state index contributed by atoms with van der Waals surface area (Å²) in [6, 6.07) is 17.7. The summed E-state index contributed by atoms with van der Waals surface area (Å²) < 4.78 is 4.98. The Morgan fingerprint density at radius 1 is 1.12 bits per heavy atom. The van der Waals surface area contributed by atoms with Crippen LogP contribution in [0.3, 0.4) is 0 Å². The summed E-state index contributed by atoms with van der Waals surface area (Å²) in [6.45, 7) is 1.77. The van der Waals surface area contributed by atoms with Crippen LogP contribution in [0.25, 0.3) is 0 Å². The molecule has 0 saturated heterocycles. The Kier molecular flexibility index (Phi) is 4.82. The normalized spacial score (nSPS) is 11.8. The smallest absolute Gasteiger partial charge is 0.252 e. The third-order valence-electron chi connectivity index (χ3n) is 3.43. The van der Waals surface area contributed by atoms with Gasteiger partial charge >= 0.3 is 0 Å². The Balaban J connectivity index is 1.84. The van der Waals surface area contributed by atoms with Gasteiger partial charge in [-0.2, -0.15) is 0 Å². The first-order valence-electron chi connectivity index (χ1n) is 7.43. The van der Waals surface area contributed by atoms with Crippen LogP contribution in [0.15, 0.2) is 65.2 Å². The monoisotopic (exact) mass is 341 g/mol. The second kappa shape index (κ2) is 7.19. The van der Waals surface area contributed by atoms with E-state index in [-0.39, 0.29) is 5.91 Å². The molecule has 6 heteroatoms. The van der Waals surface area contributed by atoms with Crippen molar-refractivity contribution in [3.63, 3.8) is 0 Å². The number of rotatable bonds is 5. The van der Waals surface area contributed by atoms with Gasteiger partial charge in [0.25, 0.3) is 5.91 Å². The molecule has 2 N–H and O–H groups in total. The second-order valence-electron chi connectivity index (χ2n) is 5.31. The standard InChI is InChI=1S/C18H16ClN3O2/c1-12-11-16(22-24-12)21-18(23)17(13-5-3-2-4-6-13)20-15-9-7-14(19)8-10-15/h2-11,17,20H,1H3,(H,21,22,23)/t17-/m1/s1. The third kappa shape index (κ3) is 3.94. The molecule has 1 heterocycles. The zero-order valence-electron chi connectivity index (χ0n) is 13.0. The van der Waals surface area contributed by atoms with Crippen LogP contribution in [-0.2, 0) is 4.79 Å². The quantitative estimate of drug-likeness (QED) is 0.720. The molecule has 0 unspecified atom stereocenters. The number of hydrogen-bond acceptors (Lipinski definition) is 4. The fraction of sp³-hybridized carbons (Fsp3) is 0.111. The molecule has 0 aliphatic carbocycles. The number of nitrogens with zero attached hydrogens (tertiary/aromatic N) is 1. The van der Waals surface area contributed by atoms with Gasteiger partial charge in [-0.15, -0.1) is 0 Å². The fourth-order valence-electron chi connectivity index (χ4n) is 2.28. The second-order valence-corrected chi connectivity index (χ2v) is 5.74. The van der Waals surface area contributed by atoms with Crippen LogP contribution in [0, 0.1) is 6.92 Å². The number of aromatic nitrogens is 1. The summed E-state index contributed by atoms with van der Waals surface area (Å²) in [5.74, 6) is 0.785. The van der Waals surface area contributed by atoms with E-state index in [0.717, 1.165) is 11.3 Å². The maximum Gasteiger partial charge on any atom is 0.252 e. The number of anilines is 2. The number of amides is 1. The molecule has 122 valence electrons. The van der Waals surface area contributed by atoms with E-state index in [2.05, 4.69) is 15.8 Å². The average Bonchev–Trinajstić information content (AvgIpc) is 3.00. The molecule has 1 aromatic heterocycles. The van der Waals surface area contributed by atoms with Crippen LogP contribution in [-0.4, -0.2) is 11.1 Å². The van der Waals surface area contributed by atoms with E-state index in [1.165, 1.54) is 0 Å². The van der Waals surface area contributed by atoms with Crippen LogP contribution in [0.4, 0.5) is 11.5 Å². The van der Waals surface area contributed by atoms with Gasteiger partial charge in [0, 0.05) is 16.8 Å². The SMILES string of the molecule is Cc1cc(NC(=O)[C@H](Nc2ccc(Cl)cc2)c2ccccc2)no1. The lowest BCUT2D eigenvalue weighted by atomic mass is 10.1. The molecule has 1 atom stereocenters. The van der Waals surface area contributed by atoms with Crippen molar-refractivity contribution in [2.24, 2.45) is 0 Å². The number of halogens is 1.